The van der Waals surface area contributed by atoms with Crippen LogP contribution < -0.4 is 14.2 Å². The Balaban J connectivity index is 1.44. The normalized spacial score (nSPS) is 18.1. The summed E-state index contributed by atoms with van der Waals surface area (Å²) in [6.45, 7) is 1.60. The van der Waals surface area contributed by atoms with Gasteiger partial charge in [0.2, 0.25) is 10.0 Å². The van der Waals surface area contributed by atoms with Crippen LogP contribution in [0.25, 0.3) is 0 Å². The summed E-state index contributed by atoms with van der Waals surface area (Å²) in [4.78, 5) is 0. The van der Waals surface area contributed by atoms with E-state index in [1.54, 1.807) is 17.5 Å². The van der Waals surface area contributed by atoms with Gasteiger partial charge in [0.25, 0.3) is 0 Å². The Bertz CT molecular complexity index is 829. The van der Waals surface area contributed by atoms with Crippen LogP contribution in [-0.4, -0.2) is 28.2 Å². The number of nitrogens with one attached hydrogen (secondary N) is 1. The second-order valence-corrected chi connectivity index (χ2v) is 9.41. The van der Waals surface area contributed by atoms with Crippen molar-refractivity contribution in [3.63, 3.8) is 0 Å². The first kappa shape index (κ1) is 16.9. The summed E-state index contributed by atoms with van der Waals surface area (Å²) in [5, 5.41) is 1.77. The van der Waals surface area contributed by atoms with Crippen molar-refractivity contribution >= 4 is 21.4 Å². The van der Waals surface area contributed by atoms with Gasteiger partial charge in [-0.15, -0.1) is 11.3 Å². The second-order valence-electron chi connectivity index (χ2n) is 6.47. The Hall–Kier alpha value is -1.57. The zero-order chi connectivity index (χ0) is 17.3. The smallest absolute Gasteiger partial charge is 0.250 e. The minimum absolute atomic E-state index is 0.349. The van der Waals surface area contributed by atoms with Crippen molar-refractivity contribution in [3.8, 4) is 11.5 Å². The fraction of sp³-hybridized carbons (Fsp3) is 0.444. The van der Waals surface area contributed by atoms with Gasteiger partial charge in [-0.1, -0.05) is 12.1 Å². The van der Waals surface area contributed by atoms with E-state index < -0.39 is 10.0 Å². The summed E-state index contributed by atoms with van der Waals surface area (Å²) < 4.78 is 38.9. The highest BCUT2D eigenvalue weighted by Gasteiger charge is 2.33. The van der Waals surface area contributed by atoms with E-state index in [1.807, 2.05) is 6.07 Å². The molecule has 7 heteroatoms. The summed E-state index contributed by atoms with van der Waals surface area (Å²) >= 11 is 1.24. The van der Waals surface area contributed by atoms with Crippen molar-refractivity contribution in [2.45, 2.75) is 29.4 Å². The van der Waals surface area contributed by atoms with Crippen LogP contribution in [0.1, 0.15) is 30.7 Å². The number of hydrogen-bond donors (Lipinski definition) is 1. The highest BCUT2D eigenvalue weighted by Crippen LogP contribution is 2.46. The standard InChI is InChI=1S/C18H21NO4S2/c20-25(21,18-2-1-11-24-18)19-8-7-15(13-3-4-13)14-5-6-16-17(12-14)23-10-9-22-16/h1-2,5-6,11-13,15,19H,3-4,7-10H2. The second kappa shape index (κ2) is 6.97. The monoisotopic (exact) mass is 379 g/mol. The summed E-state index contributed by atoms with van der Waals surface area (Å²) in [5.41, 5.74) is 1.21. The summed E-state index contributed by atoms with van der Waals surface area (Å²) in [5.74, 6) is 2.58. The summed E-state index contributed by atoms with van der Waals surface area (Å²) in [6.07, 6.45) is 3.20. The molecule has 1 unspecified atom stereocenters. The minimum Gasteiger partial charge on any atom is -0.486 e. The van der Waals surface area contributed by atoms with E-state index in [4.69, 9.17) is 9.47 Å². The van der Waals surface area contributed by atoms with Crippen LogP contribution in [0, 0.1) is 5.92 Å². The molecule has 134 valence electrons. The largest absolute Gasteiger partial charge is 0.486 e. The van der Waals surface area contributed by atoms with Gasteiger partial charge in [0.1, 0.15) is 17.4 Å². The van der Waals surface area contributed by atoms with E-state index in [0.29, 0.717) is 35.8 Å². The van der Waals surface area contributed by atoms with Gasteiger partial charge >= 0.3 is 0 Å². The third-order valence-corrected chi connectivity index (χ3v) is 7.55. The molecule has 5 nitrogen and oxygen atoms in total. The molecule has 2 aromatic rings. The van der Waals surface area contributed by atoms with E-state index >= 15 is 0 Å². The molecule has 1 saturated carbocycles. The van der Waals surface area contributed by atoms with E-state index in [1.165, 1.54) is 29.7 Å². The van der Waals surface area contributed by atoms with Gasteiger partial charge in [-0.2, -0.15) is 0 Å². The van der Waals surface area contributed by atoms with Crippen LogP contribution in [0.4, 0.5) is 0 Å². The Morgan fingerprint density at radius 2 is 1.96 bits per heavy atom. The summed E-state index contributed by atoms with van der Waals surface area (Å²) in [7, 11) is -3.39. The molecular formula is C18H21NO4S2. The highest BCUT2D eigenvalue weighted by atomic mass is 32.2. The Morgan fingerprint density at radius 3 is 2.68 bits per heavy atom. The van der Waals surface area contributed by atoms with Crippen molar-refractivity contribution in [2.75, 3.05) is 19.8 Å². The molecule has 0 bridgehead atoms. The van der Waals surface area contributed by atoms with Gasteiger partial charge in [-0.3, -0.25) is 0 Å². The van der Waals surface area contributed by atoms with Crippen LogP contribution >= 0.6 is 11.3 Å². The summed E-state index contributed by atoms with van der Waals surface area (Å²) in [6, 6.07) is 9.50. The minimum atomic E-state index is -3.39. The lowest BCUT2D eigenvalue weighted by Gasteiger charge is -2.22. The Morgan fingerprint density at radius 1 is 1.16 bits per heavy atom. The van der Waals surface area contributed by atoms with E-state index in [9.17, 15) is 8.42 Å². The lowest BCUT2D eigenvalue weighted by molar-refractivity contribution is 0.171. The van der Waals surface area contributed by atoms with Gasteiger partial charge in [-0.25, -0.2) is 13.1 Å². The third kappa shape index (κ3) is 3.83. The average Bonchev–Trinajstić information content (AvgIpc) is 3.29. The van der Waals surface area contributed by atoms with Gasteiger partial charge in [0.15, 0.2) is 11.5 Å². The fourth-order valence-electron chi connectivity index (χ4n) is 3.30. The lowest BCUT2D eigenvalue weighted by Crippen LogP contribution is -2.25. The zero-order valence-electron chi connectivity index (χ0n) is 13.8. The number of ether oxygens (including phenoxy) is 2. The van der Waals surface area contributed by atoms with Crippen molar-refractivity contribution in [1.82, 2.24) is 4.72 Å². The van der Waals surface area contributed by atoms with Crippen LogP contribution in [0.15, 0.2) is 39.9 Å². The van der Waals surface area contributed by atoms with Crippen LogP contribution in [0.2, 0.25) is 0 Å². The van der Waals surface area contributed by atoms with E-state index in [2.05, 4.69) is 16.9 Å². The molecule has 0 amide bonds. The molecule has 1 N–H and O–H groups in total. The van der Waals surface area contributed by atoms with Crippen molar-refractivity contribution in [3.05, 3.63) is 41.3 Å². The Labute approximate surface area is 152 Å². The molecule has 1 aromatic heterocycles. The molecule has 1 fully saturated rings. The molecule has 4 rings (SSSR count). The molecular weight excluding hydrogens is 358 g/mol. The molecule has 0 saturated heterocycles. The third-order valence-electron chi connectivity index (χ3n) is 4.69. The predicted molar refractivity (Wildman–Crippen MR) is 97.0 cm³/mol. The number of rotatable bonds is 7. The van der Waals surface area contributed by atoms with Crippen molar-refractivity contribution < 1.29 is 17.9 Å². The van der Waals surface area contributed by atoms with Crippen LogP contribution in [-0.2, 0) is 10.0 Å². The molecule has 2 aliphatic rings. The molecule has 1 aliphatic carbocycles. The molecule has 25 heavy (non-hydrogen) atoms. The first-order valence-electron chi connectivity index (χ1n) is 8.56. The number of fused-ring (bicyclic) bond motifs is 1. The Kier molecular flexibility index (Phi) is 4.71. The first-order valence-corrected chi connectivity index (χ1v) is 10.9. The van der Waals surface area contributed by atoms with E-state index in [-0.39, 0.29) is 0 Å². The highest BCUT2D eigenvalue weighted by molar-refractivity contribution is 7.91. The van der Waals surface area contributed by atoms with Gasteiger partial charge in [0, 0.05) is 6.54 Å². The van der Waals surface area contributed by atoms with Crippen LogP contribution in [0.3, 0.4) is 0 Å². The van der Waals surface area contributed by atoms with Crippen molar-refractivity contribution in [2.24, 2.45) is 5.92 Å². The molecule has 1 atom stereocenters. The maximum Gasteiger partial charge on any atom is 0.250 e. The number of thiophene rings is 1. The zero-order valence-corrected chi connectivity index (χ0v) is 15.4. The maximum absolute atomic E-state index is 12.3. The van der Waals surface area contributed by atoms with Gasteiger partial charge in [0.05, 0.1) is 0 Å². The lowest BCUT2D eigenvalue weighted by atomic mass is 9.91. The maximum atomic E-state index is 12.3. The topological polar surface area (TPSA) is 64.6 Å². The van der Waals surface area contributed by atoms with Gasteiger partial charge in [-0.05, 0) is 60.2 Å². The molecule has 0 radical (unpaired) electrons. The fourth-order valence-corrected chi connectivity index (χ4v) is 5.39. The SMILES string of the molecule is O=S(=O)(NCCC(c1ccc2c(c1)OCCO2)C1CC1)c1cccs1. The molecule has 0 spiro atoms. The molecule has 2 heterocycles. The quantitative estimate of drug-likeness (QED) is 0.801. The van der Waals surface area contributed by atoms with Gasteiger partial charge < -0.3 is 9.47 Å². The number of hydrogen-bond acceptors (Lipinski definition) is 5. The van der Waals surface area contributed by atoms with Crippen LogP contribution in [0.5, 0.6) is 11.5 Å². The molecule has 1 aromatic carbocycles. The average molecular weight is 380 g/mol. The predicted octanol–water partition coefficient (Wildman–Crippen LogP) is 3.38. The first-order chi connectivity index (χ1) is 12.1. The van der Waals surface area contributed by atoms with Crippen molar-refractivity contribution in [1.29, 1.82) is 0 Å². The molecule has 1 aliphatic heterocycles. The number of sulfonamides is 1. The van der Waals surface area contributed by atoms with E-state index in [0.717, 1.165) is 17.9 Å². The number of benzene rings is 1.